The van der Waals surface area contributed by atoms with Crippen molar-refractivity contribution in [3.05, 3.63) is 104 Å². The van der Waals surface area contributed by atoms with Crippen LogP contribution in [0, 0.1) is 5.82 Å². The molecule has 0 saturated carbocycles. The number of alkyl halides is 1. The molecule has 2 N–H and O–H groups in total. The molecule has 1 fully saturated rings. The number of aliphatic carboxylic acids is 1. The Labute approximate surface area is 264 Å². The summed E-state index contributed by atoms with van der Waals surface area (Å²) in [6.45, 7) is 2.43. The normalized spacial score (nSPS) is 22.0. The third-order valence-corrected chi connectivity index (χ3v) is 9.70. The topological polar surface area (TPSA) is 90.3 Å². The number of fused-ring (bicyclic) bond motifs is 1. The number of methoxy groups -OCH3 is 1. The average Bonchev–Trinajstić information content (AvgIpc) is 3.26. The molecule has 3 atom stereocenters. The number of carbonyl (C=O) groups is 2. The Morgan fingerprint density at radius 1 is 1.07 bits per heavy atom. The molecular formula is C33H34Cl2F2N2O5. The van der Waals surface area contributed by atoms with E-state index < -0.39 is 47.2 Å². The van der Waals surface area contributed by atoms with E-state index in [1.165, 1.54) is 18.1 Å². The molecule has 2 heterocycles. The first-order valence-electron chi connectivity index (χ1n) is 14.4. The summed E-state index contributed by atoms with van der Waals surface area (Å²) in [5.41, 5.74) is -5.76. The molecule has 0 aromatic heterocycles. The number of rotatable bonds is 9. The molecule has 0 radical (unpaired) electrons. The zero-order chi connectivity index (χ0) is 32.0. The molecule has 2 aliphatic heterocycles. The van der Waals surface area contributed by atoms with Crippen molar-refractivity contribution in [1.82, 2.24) is 9.80 Å². The van der Waals surface area contributed by atoms with Gasteiger partial charge in [0.15, 0.2) is 5.72 Å². The number of likely N-dealkylation sites (tertiary alicyclic amines) is 1. The zero-order valence-corrected chi connectivity index (χ0v) is 26.1. The summed E-state index contributed by atoms with van der Waals surface area (Å²) in [6.07, 6.45) is -0.565. The summed E-state index contributed by atoms with van der Waals surface area (Å²) in [5, 5.41) is 22.7. The maximum atomic E-state index is 16.7. The van der Waals surface area contributed by atoms with Crippen LogP contribution in [0.25, 0.3) is 0 Å². The molecular weight excluding hydrogens is 613 g/mol. The van der Waals surface area contributed by atoms with Crippen molar-refractivity contribution in [2.45, 2.75) is 55.6 Å². The molecule has 0 spiro atoms. The lowest BCUT2D eigenvalue weighted by molar-refractivity contribution is -0.142. The smallest absolute Gasteiger partial charge is 0.305 e. The van der Waals surface area contributed by atoms with Gasteiger partial charge < -0.3 is 19.8 Å². The van der Waals surface area contributed by atoms with Crippen LogP contribution in [0.5, 0.6) is 0 Å². The highest BCUT2D eigenvalue weighted by atomic mass is 35.5. The number of hydrogen-bond acceptors (Lipinski definition) is 5. The third-order valence-electron chi connectivity index (χ3n) is 9.19. The fraction of sp³-hybridized carbons (Fsp3) is 0.394. The zero-order valence-electron chi connectivity index (χ0n) is 24.6. The third kappa shape index (κ3) is 5.18. The van der Waals surface area contributed by atoms with Gasteiger partial charge in [-0.05, 0) is 73.8 Å². The number of aliphatic hydroxyl groups is 1. The van der Waals surface area contributed by atoms with Crippen LogP contribution in [0.3, 0.4) is 0 Å². The minimum Gasteiger partial charge on any atom is -0.481 e. The van der Waals surface area contributed by atoms with Gasteiger partial charge in [-0.25, -0.2) is 8.78 Å². The van der Waals surface area contributed by atoms with Gasteiger partial charge in [-0.3, -0.25) is 14.5 Å². The summed E-state index contributed by atoms with van der Waals surface area (Å²) >= 11 is 12.3. The number of hydrogen-bond donors (Lipinski definition) is 2. The van der Waals surface area contributed by atoms with Crippen LogP contribution in [-0.2, 0) is 20.9 Å². The van der Waals surface area contributed by atoms with E-state index in [1.807, 2.05) is 11.9 Å². The molecule has 11 heteroatoms. The fourth-order valence-electron chi connectivity index (χ4n) is 6.76. The number of carboxylic acids is 1. The summed E-state index contributed by atoms with van der Waals surface area (Å²) in [6, 6.07) is 13.8. The van der Waals surface area contributed by atoms with E-state index >= 15 is 8.78 Å². The fourth-order valence-corrected chi connectivity index (χ4v) is 7.02. The molecule has 3 aromatic rings. The Morgan fingerprint density at radius 2 is 1.64 bits per heavy atom. The van der Waals surface area contributed by atoms with E-state index in [1.54, 1.807) is 55.5 Å². The SMILES string of the molecule is CCC(O)(c1cc(F)c2c(c1)C(=O)N(C(CC(=O)O)c1ccc(Cl)cc1)C2(OC)c1ccc(Cl)cc1)C1(F)CCN(C)CC1. The predicted molar refractivity (Wildman–Crippen MR) is 163 cm³/mol. The van der Waals surface area contributed by atoms with Gasteiger partial charge in [-0.15, -0.1) is 0 Å². The van der Waals surface area contributed by atoms with Crippen molar-refractivity contribution in [2.24, 2.45) is 0 Å². The predicted octanol–water partition coefficient (Wildman–Crippen LogP) is 6.68. The lowest BCUT2D eigenvalue weighted by Gasteiger charge is -2.46. The molecule has 7 nitrogen and oxygen atoms in total. The summed E-state index contributed by atoms with van der Waals surface area (Å²) in [4.78, 5) is 29.9. The van der Waals surface area contributed by atoms with Crippen LogP contribution < -0.4 is 0 Å². The molecule has 3 aromatic carbocycles. The van der Waals surface area contributed by atoms with Crippen LogP contribution in [0.2, 0.25) is 10.0 Å². The summed E-state index contributed by atoms with van der Waals surface area (Å²) in [7, 11) is 3.16. The Balaban J connectivity index is 1.77. The molecule has 0 bridgehead atoms. The van der Waals surface area contributed by atoms with E-state index in [0.717, 1.165) is 6.07 Å². The Kier molecular flexibility index (Phi) is 8.83. The minimum absolute atomic E-state index is 0.0245. The van der Waals surface area contributed by atoms with Gasteiger partial charge in [0, 0.05) is 35.8 Å². The highest BCUT2D eigenvalue weighted by Crippen LogP contribution is 2.53. The molecule has 44 heavy (non-hydrogen) atoms. The van der Waals surface area contributed by atoms with Crippen LogP contribution in [0.15, 0.2) is 60.7 Å². The lowest BCUT2D eigenvalue weighted by atomic mass is 9.71. The second-order valence-corrected chi connectivity index (χ2v) is 12.4. The number of piperidine rings is 1. The van der Waals surface area contributed by atoms with Gasteiger partial charge in [0.2, 0.25) is 0 Å². The van der Waals surface area contributed by atoms with Crippen molar-refractivity contribution in [2.75, 3.05) is 27.2 Å². The van der Waals surface area contributed by atoms with Crippen LogP contribution in [0.1, 0.15) is 71.3 Å². The molecule has 2 aliphatic rings. The lowest BCUT2D eigenvalue weighted by Crippen LogP contribution is -2.54. The van der Waals surface area contributed by atoms with E-state index in [2.05, 4.69) is 0 Å². The number of amides is 1. The van der Waals surface area contributed by atoms with Gasteiger partial charge in [0.05, 0.1) is 23.6 Å². The first-order chi connectivity index (χ1) is 20.8. The largest absolute Gasteiger partial charge is 0.481 e. The van der Waals surface area contributed by atoms with Gasteiger partial charge in [0.25, 0.3) is 5.91 Å². The number of nitrogens with zero attached hydrogens (tertiary/aromatic N) is 2. The van der Waals surface area contributed by atoms with Gasteiger partial charge in [-0.2, -0.15) is 0 Å². The van der Waals surface area contributed by atoms with Crippen molar-refractivity contribution < 1.29 is 33.3 Å². The highest BCUT2D eigenvalue weighted by molar-refractivity contribution is 6.30. The van der Waals surface area contributed by atoms with Crippen molar-refractivity contribution in [3.8, 4) is 0 Å². The average molecular weight is 648 g/mol. The number of ether oxygens (including phenoxy) is 1. The van der Waals surface area contributed by atoms with E-state index in [0.29, 0.717) is 34.3 Å². The first kappa shape index (κ1) is 32.3. The van der Waals surface area contributed by atoms with E-state index in [4.69, 9.17) is 27.9 Å². The minimum atomic E-state index is -2.09. The highest BCUT2D eigenvalue weighted by Gasteiger charge is 2.58. The maximum absolute atomic E-state index is 16.7. The van der Waals surface area contributed by atoms with Gasteiger partial charge in [0.1, 0.15) is 17.1 Å². The Hall–Kier alpha value is -3.08. The first-order valence-corrected chi connectivity index (χ1v) is 15.1. The van der Waals surface area contributed by atoms with Crippen molar-refractivity contribution in [3.63, 3.8) is 0 Å². The van der Waals surface area contributed by atoms with Crippen LogP contribution >= 0.6 is 23.2 Å². The van der Waals surface area contributed by atoms with Gasteiger partial charge in [-0.1, -0.05) is 54.4 Å². The Bertz CT molecular complexity index is 1560. The molecule has 1 amide bonds. The number of carboxylic acid groups (broad SMARTS) is 1. The molecule has 5 rings (SSSR count). The number of halogens is 4. The summed E-state index contributed by atoms with van der Waals surface area (Å²) in [5.74, 6) is -2.86. The summed E-state index contributed by atoms with van der Waals surface area (Å²) < 4.78 is 39.3. The van der Waals surface area contributed by atoms with Gasteiger partial charge >= 0.3 is 5.97 Å². The van der Waals surface area contributed by atoms with Crippen LogP contribution in [-0.4, -0.2) is 64.8 Å². The second kappa shape index (κ2) is 12.0. The second-order valence-electron chi connectivity index (χ2n) is 11.6. The molecule has 0 aliphatic carbocycles. The molecule has 1 saturated heterocycles. The monoisotopic (exact) mass is 646 g/mol. The van der Waals surface area contributed by atoms with E-state index in [-0.39, 0.29) is 36.0 Å². The van der Waals surface area contributed by atoms with Crippen LogP contribution in [0.4, 0.5) is 8.78 Å². The van der Waals surface area contributed by atoms with Crippen molar-refractivity contribution >= 4 is 35.1 Å². The molecule has 3 unspecified atom stereocenters. The Morgan fingerprint density at radius 3 is 2.16 bits per heavy atom. The standard InChI is InChI=1S/C33H34Cl2F2N2O5/c1-4-32(43,31(37)13-15-38(2)16-14-31)22-17-25-29(26(36)18-22)33(44-3,21-7-11-24(35)12-8-21)39(30(25)42)27(19-28(40)41)20-5-9-23(34)10-6-20/h5-12,17-18,27,43H,4,13-16,19H2,1-3H3,(H,40,41). The van der Waals surface area contributed by atoms with Crippen molar-refractivity contribution in [1.29, 1.82) is 0 Å². The number of carbonyl (C=O) groups excluding carboxylic acids is 1. The maximum Gasteiger partial charge on any atom is 0.305 e. The molecule has 234 valence electrons. The number of benzene rings is 3. The quantitative estimate of drug-likeness (QED) is 0.269. The van der Waals surface area contributed by atoms with E-state index in [9.17, 15) is 19.8 Å².